The minimum atomic E-state index is -4.08. The average molecular weight is 537 g/mol. The zero-order chi connectivity index (χ0) is 27.4. The quantitative estimate of drug-likeness (QED) is 0.282. The van der Waals surface area contributed by atoms with E-state index in [1.807, 2.05) is 24.3 Å². The van der Waals surface area contributed by atoms with Gasteiger partial charge in [0.1, 0.15) is 0 Å². The number of nitrogens with zero attached hydrogens (tertiary/aromatic N) is 2. The number of rotatable bonds is 8. The molecule has 4 rings (SSSR count). The van der Waals surface area contributed by atoms with Crippen LogP contribution in [-0.4, -0.2) is 32.3 Å². The number of piperidine rings is 1. The number of amides is 1. The van der Waals surface area contributed by atoms with Crippen molar-refractivity contribution in [3.63, 3.8) is 0 Å². The third kappa shape index (κ3) is 6.31. The monoisotopic (exact) mass is 536 g/mol. The van der Waals surface area contributed by atoms with E-state index in [-0.39, 0.29) is 22.2 Å². The molecule has 0 unspecified atom stereocenters. The van der Waals surface area contributed by atoms with Crippen molar-refractivity contribution in [3.05, 3.63) is 88.0 Å². The molecule has 1 amide bonds. The van der Waals surface area contributed by atoms with Crippen molar-refractivity contribution >= 4 is 38.7 Å². The molecule has 1 aliphatic heterocycles. The van der Waals surface area contributed by atoms with E-state index in [4.69, 9.17) is 0 Å². The summed E-state index contributed by atoms with van der Waals surface area (Å²) in [4.78, 5) is 25.5. The van der Waals surface area contributed by atoms with Gasteiger partial charge < -0.3 is 10.2 Å². The normalized spacial score (nSPS) is 17.6. The topological polar surface area (TPSA) is 122 Å². The summed E-state index contributed by atoms with van der Waals surface area (Å²) in [6, 6.07) is 17.3. The number of nitro groups is 1. The van der Waals surface area contributed by atoms with Gasteiger partial charge in [0, 0.05) is 36.5 Å². The molecule has 0 aromatic heterocycles. The molecule has 0 saturated carbocycles. The van der Waals surface area contributed by atoms with Gasteiger partial charge in [-0.25, -0.2) is 8.42 Å². The van der Waals surface area contributed by atoms with E-state index in [0.717, 1.165) is 43.6 Å². The van der Waals surface area contributed by atoms with Crippen molar-refractivity contribution in [2.75, 3.05) is 28.0 Å². The van der Waals surface area contributed by atoms with Gasteiger partial charge in [0.05, 0.1) is 21.2 Å². The van der Waals surface area contributed by atoms with Gasteiger partial charge in [-0.15, -0.1) is 0 Å². The lowest BCUT2D eigenvalue weighted by Gasteiger charge is -2.37. The Bertz CT molecular complexity index is 1410. The molecule has 1 aliphatic rings. The van der Waals surface area contributed by atoms with Crippen molar-refractivity contribution in [2.24, 2.45) is 11.8 Å². The largest absolute Gasteiger partial charge is 0.369 e. The summed E-state index contributed by atoms with van der Waals surface area (Å²) in [7, 11) is -4.08. The maximum atomic E-state index is 13.3. The fourth-order valence-electron chi connectivity index (χ4n) is 4.87. The van der Waals surface area contributed by atoms with Gasteiger partial charge in [-0.2, -0.15) is 0 Å². The van der Waals surface area contributed by atoms with Crippen molar-refractivity contribution < 1.29 is 18.1 Å². The standard InChI is InChI=1S/C28H32N4O5S/c1-4-21-5-8-23(9-6-21)29-28(33)22-7-14-27(31-17-19(2)15-20(3)18-31)26(16-22)30-38(36,37)25-12-10-24(11-13-25)32(34)35/h5-14,16,19-20,30H,4,15,17-18H2,1-3H3,(H,29,33)/t19-,20-/m1/s1. The highest BCUT2D eigenvalue weighted by Gasteiger charge is 2.26. The number of benzene rings is 3. The number of carbonyl (C=O) groups excluding carboxylic acids is 1. The number of hydrogen-bond acceptors (Lipinski definition) is 6. The predicted molar refractivity (Wildman–Crippen MR) is 149 cm³/mol. The van der Waals surface area contributed by atoms with Crippen molar-refractivity contribution in [1.29, 1.82) is 0 Å². The van der Waals surface area contributed by atoms with Crippen LogP contribution in [0.25, 0.3) is 0 Å². The van der Waals surface area contributed by atoms with Crippen LogP contribution < -0.4 is 14.9 Å². The van der Waals surface area contributed by atoms with Crippen LogP contribution in [0.15, 0.2) is 71.6 Å². The van der Waals surface area contributed by atoms with Gasteiger partial charge in [0.25, 0.3) is 21.6 Å². The van der Waals surface area contributed by atoms with Crippen LogP contribution in [0.3, 0.4) is 0 Å². The Labute approximate surface area is 223 Å². The van der Waals surface area contributed by atoms with Crippen LogP contribution >= 0.6 is 0 Å². The molecule has 0 radical (unpaired) electrons. The molecule has 2 N–H and O–H groups in total. The summed E-state index contributed by atoms with van der Waals surface area (Å²) < 4.78 is 29.2. The van der Waals surface area contributed by atoms with E-state index in [2.05, 4.69) is 35.7 Å². The van der Waals surface area contributed by atoms with Crippen LogP contribution in [0, 0.1) is 22.0 Å². The van der Waals surface area contributed by atoms with Crippen LogP contribution in [0.1, 0.15) is 43.1 Å². The first-order valence-electron chi connectivity index (χ1n) is 12.6. The van der Waals surface area contributed by atoms with E-state index >= 15 is 0 Å². The number of carbonyl (C=O) groups is 1. The van der Waals surface area contributed by atoms with E-state index in [1.165, 1.54) is 18.2 Å². The Morgan fingerprint density at radius 1 is 1.00 bits per heavy atom. The molecule has 10 heteroatoms. The molecule has 0 bridgehead atoms. The first-order chi connectivity index (χ1) is 18.1. The highest BCUT2D eigenvalue weighted by Crippen LogP contribution is 2.34. The molecule has 1 heterocycles. The van der Waals surface area contributed by atoms with Gasteiger partial charge in [-0.1, -0.05) is 32.9 Å². The highest BCUT2D eigenvalue weighted by atomic mass is 32.2. The summed E-state index contributed by atoms with van der Waals surface area (Å²) >= 11 is 0. The highest BCUT2D eigenvalue weighted by molar-refractivity contribution is 7.92. The predicted octanol–water partition coefficient (Wildman–Crippen LogP) is 5.69. The molecule has 3 aromatic rings. The number of aryl methyl sites for hydroxylation is 1. The Hall–Kier alpha value is -3.92. The first-order valence-corrected chi connectivity index (χ1v) is 14.1. The summed E-state index contributed by atoms with van der Waals surface area (Å²) in [5, 5.41) is 13.9. The zero-order valence-corrected chi connectivity index (χ0v) is 22.5. The maximum absolute atomic E-state index is 13.3. The van der Waals surface area contributed by atoms with E-state index in [1.54, 1.807) is 12.1 Å². The van der Waals surface area contributed by atoms with Crippen LogP contribution in [0.2, 0.25) is 0 Å². The Kier molecular flexibility index (Phi) is 8.01. The SMILES string of the molecule is CCc1ccc(NC(=O)c2ccc(N3C[C@H](C)C[C@@H](C)C3)c(NS(=O)(=O)c3ccc([N+](=O)[O-])cc3)c2)cc1. The number of hydrogen-bond donors (Lipinski definition) is 2. The zero-order valence-electron chi connectivity index (χ0n) is 21.7. The Morgan fingerprint density at radius 3 is 2.21 bits per heavy atom. The molecule has 1 fully saturated rings. The number of sulfonamides is 1. The minimum absolute atomic E-state index is 0.111. The lowest BCUT2D eigenvalue weighted by Crippen LogP contribution is -2.39. The maximum Gasteiger partial charge on any atom is 0.269 e. The van der Waals surface area contributed by atoms with E-state index < -0.39 is 14.9 Å². The van der Waals surface area contributed by atoms with Crippen LogP contribution in [0.4, 0.5) is 22.7 Å². The van der Waals surface area contributed by atoms with Gasteiger partial charge in [-0.3, -0.25) is 19.6 Å². The molecule has 38 heavy (non-hydrogen) atoms. The molecule has 1 saturated heterocycles. The van der Waals surface area contributed by atoms with Gasteiger partial charge >= 0.3 is 0 Å². The van der Waals surface area contributed by atoms with Gasteiger partial charge in [0.2, 0.25) is 0 Å². The van der Waals surface area contributed by atoms with Crippen LogP contribution in [-0.2, 0) is 16.4 Å². The average Bonchev–Trinajstić information content (AvgIpc) is 2.88. The number of anilines is 3. The summed E-state index contributed by atoms with van der Waals surface area (Å²) in [5.41, 5.74) is 2.85. The van der Waals surface area contributed by atoms with Crippen molar-refractivity contribution in [3.8, 4) is 0 Å². The fourth-order valence-corrected chi connectivity index (χ4v) is 5.94. The molecule has 0 spiro atoms. The third-order valence-corrected chi connectivity index (χ3v) is 8.07. The van der Waals surface area contributed by atoms with Crippen molar-refractivity contribution in [1.82, 2.24) is 0 Å². The summed E-state index contributed by atoms with van der Waals surface area (Å²) in [6.07, 6.45) is 1.97. The lowest BCUT2D eigenvalue weighted by atomic mass is 9.91. The second kappa shape index (κ2) is 11.2. The first kappa shape index (κ1) is 27.1. The smallest absolute Gasteiger partial charge is 0.269 e. The molecule has 2 atom stereocenters. The van der Waals surface area contributed by atoms with Gasteiger partial charge in [-0.05, 0) is 72.7 Å². The summed E-state index contributed by atoms with van der Waals surface area (Å²) in [5.74, 6) is 0.482. The Balaban J connectivity index is 1.67. The van der Waals surface area contributed by atoms with Gasteiger partial charge in [0.15, 0.2) is 0 Å². The number of nitro benzene ring substituents is 1. The molecular formula is C28H32N4O5S. The fraction of sp³-hybridized carbons (Fsp3) is 0.321. The van der Waals surface area contributed by atoms with Crippen molar-refractivity contribution in [2.45, 2.75) is 38.5 Å². The molecule has 9 nitrogen and oxygen atoms in total. The molecule has 0 aliphatic carbocycles. The number of nitrogens with one attached hydrogen (secondary N) is 2. The van der Waals surface area contributed by atoms with E-state index in [0.29, 0.717) is 28.8 Å². The molecular weight excluding hydrogens is 504 g/mol. The lowest BCUT2D eigenvalue weighted by molar-refractivity contribution is -0.384. The van der Waals surface area contributed by atoms with Crippen LogP contribution in [0.5, 0.6) is 0 Å². The second-order valence-electron chi connectivity index (χ2n) is 9.94. The minimum Gasteiger partial charge on any atom is -0.369 e. The summed E-state index contributed by atoms with van der Waals surface area (Å²) in [6.45, 7) is 7.89. The molecule has 3 aromatic carbocycles. The molecule has 200 valence electrons. The Morgan fingerprint density at radius 2 is 1.63 bits per heavy atom. The number of non-ortho nitro benzene ring substituents is 1. The second-order valence-corrected chi connectivity index (χ2v) is 11.6. The third-order valence-electron chi connectivity index (χ3n) is 6.69. The van der Waals surface area contributed by atoms with E-state index in [9.17, 15) is 23.3 Å².